The number of rotatable bonds is 0. The lowest BCUT2D eigenvalue weighted by atomic mass is 9.90. The summed E-state index contributed by atoms with van der Waals surface area (Å²) >= 11 is 0. The molecule has 12 heavy (non-hydrogen) atoms. The zero-order valence-corrected chi connectivity index (χ0v) is 6.83. The molecular formula is C10H11NO. The maximum absolute atomic E-state index is 8.73. The molecule has 1 N–H and O–H groups in total. The molecule has 2 heteroatoms. The highest BCUT2D eigenvalue weighted by Crippen LogP contribution is 2.20. The second-order valence-electron chi connectivity index (χ2n) is 3.06. The van der Waals surface area contributed by atoms with E-state index in [-0.39, 0.29) is 0 Å². The Balaban J connectivity index is 2.51. The van der Waals surface area contributed by atoms with Gasteiger partial charge >= 0.3 is 0 Å². The largest absolute Gasteiger partial charge is 0.411 e. The summed E-state index contributed by atoms with van der Waals surface area (Å²) in [5.41, 5.74) is 3.25. The zero-order chi connectivity index (χ0) is 8.39. The number of oxime groups is 1. The first-order valence-electron chi connectivity index (χ1n) is 4.21. The van der Waals surface area contributed by atoms with Gasteiger partial charge in [0.25, 0.3) is 0 Å². The van der Waals surface area contributed by atoms with Gasteiger partial charge in [-0.15, -0.1) is 0 Å². The Morgan fingerprint density at radius 3 is 2.83 bits per heavy atom. The lowest BCUT2D eigenvalue weighted by molar-refractivity contribution is 0.317. The van der Waals surface area contributed by atoms with E-state index in [9.17, 15) is 0 Å². The van der Waals surface area contributed by atoms with Gasteiger partial charge in [-0.2, -0.15) is 0 Å². The highest BCUT2D eigenvalue weighted by Gasteiger charge is 2.14. The van der Waals surface area contributed by atoms with Crippen molar-refractivity contribution in [3.05, 3.63) is 35.4 Å². The number of benzene rings is 1. The third-order valence-corrected chi connectivity index (χ3v) is 2.31. The maximum atomic E-state index is 8.73. The molecule has 0 radical (unpaired) electrons. The fraction of sp³-hybridized carbons (Fsp3) is 0.300. The van der Waals surface area contributed by atoms with Gasteiger partial charge in [-0.25, -0.2) is 0 Å². The van der Waals surface area contributed by atoms with Crippen LogP contribution in [0.1, 0.15) is 24.0 Å². The predicted octanol–water partition coefficient (Wildman–Crippen LogP) is 2.20. The standard InChI is InChI=1S/C10H11NO/c12-11-10-7-3-5-8-4-1-2-6-9(8)10/h1-2,4,6,12H,3,5,7H2/b11-10-. The summed E-state index contributed by atoms with van der Waals surface area (Å²) in [5.74, 6) is 0. The summed E-state index contributed by atoms with van der Waals surface area (Å²) in [6.45, 7) is 0. The first-order chi connectivity index (χ1) is 5.92. The Kier molecular flexibility index (Phi) is 1.82. The van der Waals surface area contributed by atoms with Crippen LogP contribution in [0.15, 0.2) is 29.4 Å². The lowest BCUT2D eigenvalue weighted by Gasteiger charge is -2.15. The number of hydrogen-bond acceptors (Lipinski definition) is 2. The fourth-order valence-corrected chi connectivity index (χ4v) is 1.70. The molecule has 1 aromatic rings. The van der Waals surface area contributed by atoms with E-state index in [1.165, 1.54) is 5.56 Å². The van der Waals surface area contributed by atoms with Gasteiger partial charge in [0.15, 0.2) is 0 Å². The Hall–Kier alpha value is -1.31. The Morgan fingerprint density at radius 2 is 2.00 bits per heavy atom. The molecule has 0 amide bonds. The van der Waals surface area contributed by atoms with Crippen molar-refractivity contribution in [2.45, 2.75) is 19.3 Å². The number of aryl methyl sites for hydroxylation is 1. The third kappa shape index (κ3) is 1.09. The molecule has 0 unspecified atom stereocenters. The molecule has 0 atom stereocenters. The molecule has 0 heterocycles. The summed E-state index contributed by atoms with van der Waals surface area (Å²) in [5, 5.41) is 12.0. The normalized spacial score (nSPS) is 19.2. The molecule has 0 aliphatic heterocycles. The third-order valence-electron chi connectivity index (χ3n) is 2.31. The maximum Gasteiger partial charge on any atom is 0.0870 e. The van der Waals surface area contributed by atoms with E-state index in [2.05, 4.69) is 11.2 Å². The van der Waals surface area contributed by atoms with E-state index in [0.717, 1.165) is 30.5 Å². The van der Waals surface area contributed by atoms with Crippen LogP contribution in [0.25, 0.3) is 0 Å². The summed E-state index contributed by atoms with van der Waals surface area (Å²) in [7, 11) is 0. The summed E-state index contributed by atoms with van der Waals surface area (Å²) in [6.07, 6.45) is 3.10. The van der Waals surface area contributed by atoms with E-state index in [0.29, 0.717) is 0 Å². The van der Waals surface area contributed by atoms with Crippen LogP contribution in [0.3, 0.4) is 0 Å². The van der Waals surface area contributed by atoms with Crippen molar-refractivity contribution in [3.63, 3.8) is 0 Å². The average molecular weight is 161 g/mol. The van der Waals surface area contributed by atoms with Crippen LogP contribution in [-0.4, -0.2) is 10.9 Å². The van der Waals surface area contributed by atoms with Crippen LogP contribution in [0.5, 0.6) is 0 Å². The highest BCUT2D eigenvalue weighted by atomic mass is 16.4. The Bertz CT molecular complexity index is 317. The van der Waals surface area contributed by atoms with E-state index in [1.807, 2.05) is 18.2 Å². The molecule has 0 saturated carbocycles. The predicted molar refractivity (Wildman–Crippen MR) is 47.7 cm³/mol. The fourth-order valence-electron chi connectivity index (χ4n) is 1.70. The van der Waals surface area contributed by atoms with Crippen molar-refractivity contribution in [1.82, 2.24) is 0 Å². The van der Waals surface area contributed by atoms with Crippen LogP contribution >= 0.6 is 0 Å². The molecule has 0 bridgehead atoms. The highest BCUT2D eigenvalue weighted by molar-refractivity contribution is 6.02. The SMILES string of the molecule is O/N=C1/CCCc2ccccc21. The topological polar surface area (TPSA) is 32.6 Å². The zero-order valence-electron chi connectivity index (χ0n) is 6.83. The van der Waals surface area contributed by atoms with Crippen molar-refractivity contribution in [1.29, 1.82) is 0 Å². The molecule has 1 aliphatic rings. The molecule has 0 spiro atoms. The minimum atomic E-state index is 0.830. The van der Waals surface area contributed by atoms with Gasteiger partial charge in [0.2, 0.25) is 0 Å². The first kappa shape index (κ1) is 7.35. The van der Waals surface area contributed by atoms with Gasteiger partial charge in [-0.1, -0.05) is 29.4 Å². The van der Waals surface area contributed by atoms with Gasteiger partial charge in [0.05, 0.1) is 5.71 Å². The molecule has 62 valence electrons. The van der Waals surface area contributed by atoms with Gasteiger partial charge in [-0.3, -0.25) is 0 Å². The van der Waals surface area contributed by atoms with Gasteiger partial charge in [0, 0.05) is 5.56 Å². The first-order valence-corrected chi connectivity index (χ1v) is 4.21. The molecular weight excluding hydrogens is 150 g/mol. The van der Waals surface area contributed by atoms with Gasteiger partial charge in [-0.05, 0) is 24.8 Å². The average Bonchev–Trinajstić information content (AvgIpc) is 2.17. The van der Waals surface area contributed by atoms with Gasteiger partial charge in [0.1, 0.15) is 0 Å². The smallest absolute Gasteiger partial charge is 0.0870 e. The number of hydrogen-bond donors (Lipinski definition) is 1. The van der Waals surface area contributed by atoms with Crippen molar-refractivity contribution in [3.8, 4) is 0 Å². The quantitative estimate of drug-likeness (QED) is 0.459. The van der Waals surface area contributed by atoms with Crippen molar-refractivity contribution < 1.29 is 5.21 Å². The molecule has 0 fully saturated rings. The van der Waals surface area contributed by atoms with E-state index >= 15 is 0 Å². The summed E-state index contributed by atoms with van der Waals surface area (Å²) in [6, 6.07) is 8.12. The minimum Gasteiger partial charge on any atom is -0.411 e. The van der Waals surface area contributed by atoms with E-state index < -0.39 is 0 Å². The molecule has 1 aromatic carbocycles. The molecule has 2 nitrogen and oxygen atoms in total. The van der Waals surface area contributed by atoms with Crippen molar-refractivity contribution in [2.75, 3.05) is 0 Å². The van der Waals surface area contributed by atoms with Crippen LogP contribution in [0.2, 0.25) is 0 Å². The van der Waals surface area contributed by atoms with Crippen LogP contribution < -0.4 is 0 Å². The molecule has 2 rings (SSSR count). The van der Waals surface area contributed by atoms with Gasteiger partial charge < -0.3 is 5.21 Å². The van der Waals surface area contributed by atoms with Crippen molar-refractivity contribution >= 4 is 5.71 Å². The summed E-state index contributed by atoms with van der Waals surface area (Å²) in [4.78, 5) is 0. The lowest BCUT2D eigenvalue weighted by Crippen LogP contribution is -2.11. The number of nitrogens with zero attached hydrogens (tertiary/aromatic N) is 1. The second-order valence-corrected chi connectivity index (χ2v) is 3.06. The Labute approximate surface area is 71.5 Å². The van der Waals surface area contributed by atoms with E-state index in [1.54, 1.807) is 0 Å². The molecule has 0 aromatic heterocycles. The minimum absolute atomic E-state index is 0.830. The number of fused-ring (bicyclic) bond motifs is 1. The van der Waals surface area contributed by atoms with Crippen LogP contribution in [0.4, 0.5) is 0 Å². The molecule has 1 aliphatic carbocycles. The van der Waals surface area contributed by atoms with Crippen LogP contribution in [0, 0.1) is 0 Å². The monoisotopic (exact) mass is 161 g/mol. The van der Waals surface area contributed by atoms with Crippen molar-refractivity contribution in [2.24, 2.45) is 5.16 Å². The second kappa shape index (κ2) is 2.97. The summed E-state index contributed by atoms with van der Waals surface area (Å²) < 4.78 is 0. The molecule has 0 saturated heterocycles. The van der Waals surface area contributed by atoms with E-state index in [4.69, 9.17) is 5.21 Å². The van der Waals surface area contributed by atoms with Crippen LogP contribution in [-0.2, 0) is 6.42 Å². The Morgan fingerprint density at radius 1 is 1.17 bits per heavy atom.